The van der Waals surface area contributed by atoms with Gasteiger partial charge in [-0.15, -0.1) is 0 Å². The van der Waals surface area contributed by atoms with E-state index in [1.54, 1.807) is 0 Å². The summed E-state index contributed by atoms with van der Waals surface area (Å²) in [5.41, 5.74) is 14.7. The number of nitrogens with zero attached hydrogens (tertiary/aromatic N) is 4. The van der Waals surface area contributed by atoms with Crippen LogP contribution in [0, 0.1) is 13.8 Å². The lowest BCUT2D eigenvalue weighted by Gasteiger charge is -2.40. The molecule has 2 aliphatic rings. The maximum absolute atomic E-state index is 6.88. The molecule has 7 heteroatoms. The van der Waals surface area contributed by atoms with Crippen molar-refractivity contribution >= 4 is 71.4 Å². The standard InChI is InChI=1S/C59H54N4OSi2/c1-39-21-23-44(37-60-39)62(41-25-30-46(31-26-41)65(3,4)5)43-29-34-50-53(35-43)59(51-17-11-13-19-56(51)64-57-20-14-12-18-52(57)59)54-36-55(48-15-9-10-16-49(48)58(50)54)63(45-24-22-40(2)61-38-45)42-27-32-47(33-28-42)66(6,7)8/h9-38H,1-8H3. The molecule has 0 amide bonds. The quantitative estimate of drug-likeness (QED) is 0.142. The van der Waals surface area contributed by atoms with E-state index < -0.39 is 21.6 Å². The zero-order valence-electron chi connectivity index (χ0n) is 39.0. The minimum absolute atomic E-state index is 0.747. The highest BCUT2D eigenvalue weighted by Gasteiger charge is 2.52. The number of pyridine rings is 2. The van der Waals surface area contributed by atoms with Gasteiger partial charge in [0.15, 0.2) is 0 Å². The lowest BCUT2D eigenvalue weighted by Crippen LogP contribution is -2.37. The maximum Gasteiger partial charge on any atom is 0.132 e. The molecule has 9 aromatic rings. The Morgan fingerprint density at radius 3 is 1.42 bits per heavy atom. The van der Waals surface area contributed by atoms with Crippen molar-refractivity contribution in [2.24, 2.45) is 0 Å². The minimum atomic E-state index is -1.56. The third-order valence-electron chi connectivity index (χ3n) is 13.7. The Labute approximate surface area is 391 Å². The van der Waals surface area contributed by atoms with Crippen molar-refractivity contribution in [1.82, 2.24) is 9.97 Å². The van der Waals surface area contributed by atoms with Gasteiger partial charge in [0.2, 0.25) is 0 Å². The van der Waals surface area contributed by atoms with Crippen LogP contribution in [0.1, 0.15) is 33.6 Å². The average Bonchev–Trinajstić information content (AvgIpc) is 3.60. The molecule has 1 aliphatic carbocycles. The lowest BCUT2D eigenvalue weighted by atomic mass is 9.66. The fourth-order valence-corrected chi connectivity index (χ4v) is 12.7. The fraction of sp³-hybridized carbons (Fsp3) is 0.153. The van der Waals surface area contributed by atoms with Gasteiger partial charge in [-0.2, -0.15) is 0 Å². The van der Waals surface area contributed by atoms with Crippen LogP contribution >= 0.6 is 0 Å². The topological polar surface area (TPSA) is 41.5 Å². The number of aromatic nitrogens is 2. The van der Waals surface area contributed by atoms with E-state index in [-0.39, 0.29) is 0 Å². The second-order valence-electron chi connectivity index (χ2n) is 20.0. The summed E-state index contributed by atoms with van der Waals surface area (Å²) in [6.45, 7) is 18.5. The summed E-state index contributed by atoms with van der Waals surface area (Å²) >= 11 is 0. The molecule has 0 saturated carbocycles. The van der Waals surface area contributed by atoms with Crippen molar-refractivity contribution in [3.63, 3.8) is 0 Å². The summed E-state index contributed by atoms with van der Waals surface area (Å²) < 4.78 is 6.88. The van der Waals surface area contributed by atoms with Crippen molar-refractivity contribution in [2.45, 2.75) is 58.5 Å². The lowest BCUT2D eigenvalue weighted by molar-refractivity contribution is 0.436. The molecule has 324 valence electrons. The van der Waals surface area contributed by atoms with Crippen LogP contribution in [0.5, 0.6) is 11.5 Å². The number of para-hydroxylation sites is 2. The van der Waals surface area contributed by atoms with Crippen LogP contribution in [0.15, 0.2) is 182 Å². The van der Waals surface area contributed by atoms with E-state index in [4.69, 9.17) is 14.7 Å². The van der Waals surface area contributed by atoms with Crippen molar-refractivity contribution in [3.8, 4) is 22.6 Å². The van der Waals surface area contributed by atoms with Crippen molar-refractivity contribution in [3.05, 3.63) is 216 Å². The first kappa shape index (κ1) is 41.6. The number of aryl methyl sites for hydroxylation is 2. The van der Waals surface area contributed by atoms with Crippen molar-refractivity contribution < 1.29 is 4.74 Å². The van der Waals surface area contributed by atoms with Gasteiger partial charge in [-0.05, 0) is 120 Å². The first-order chi connectivity index (χ1) is 31.8. The SMILES string of the molecule is Cc1ccc(N(c2ccc([Si](C)(C)C)cc2)c2ccc3c(c2)C2(c4ccccc4Oc4ccccc42)c2cc(N(c4ccc([Si](C)(C)C)cc4)c4ccc(C)nc4)c4ccccc4c2-3)cn1. The number of anilines is 6. The molecule has 0 atom stereocenters. The Balaban J connectivity index is 1.23. The molecule has 66 heavy (non-hydrogen) atoms. The molecule has 2 aromatic heterocycles. The molecule has 0 fully saturated rings. The van der Waals surface area contributed by atoms with Crippen LogP contribution in [0.2, 0.25) is 39.3 Å². The number of rotatable bonds is 8. The van der Waals surface area contributed by atoms with E-state index in [1.807, 2.05) is 19.3 Å². The van der Waals surface area contributed by atoms with Crippen LogP contribution in [-0.2, 0) is 5.41 Å². The largest absolute Gasteiger partial charge is 0.457 e. The molecule has 1 aliphatic heterocycles. The highest BCUT2D eigenvalue weighted by Crippen LogP contribution is 2.65. The van der Waals surface area contributed by atoms with Crippen molar-refractivity contribution in [2.75, 3.05) is 9.80 Å². The first-order valence-electron chi connectivity index (χ1n) is 23.1. The Kier molecular flexibility index (Phi) is 9.80. The Hall–Kier alpha value is -7.07. The molecule has 3 heterocycles. The maximum atomic E-state index is 6.88. The normalized spacial score (nSPS) is 13.4. The van der Waals surface area contributed by atoms with Gasteiger partial charge in [-0.3, -0.25) is 9.97 Å². The van der Waals surface area contributed by atoms with Crippen LogP contribution < -0.4 is 24.9 Å². The van der Waals surface area contributed by atoms with Gasteiger partial charge in [0, 0.05) is 45.0 Å². The molecule has 0 bridgehead atoms. The third-order valence-corrected chi connectivity index (χ3v) is 17.8. The number of benzene rings is 7. The summed E-state index contributed by atoms with van der Waals surface area (Å²) in [6.07, 6.45) is 4.02. The number of ether oxygens (including phenoxy) is 1. The summed E-state index contributed by atoms with van der Waals surface area (Å²) in [7, 11) is -3.10. The third kappa shape index (κ3) is 6.71. The van der Waals surface area contributed by atoms with Gasteiger partial charge >= 0.3 is 0 Å². The van der Waals surface area contributed by atoms with Gasteiger partial charge in [-0.25, -0.2) is 0 Å². The fourth-order valence-electron chi connectivity index (χ4n) is 10.3. The zero-order valence-corrected chi connectivity index (χ0v) is 41.0. The summed E-state index contributed by atoms with van der Waals surface area (Å²) in [4.78, 5) is 14.5. The number of fused-ring (bicyclic) bond motifs is 11. The highest BCUT2D eigenvalue weighted by molar-refractivity contribution is 6.89. The van der Waals surface area contributed by atoms with Crippen LogP contribution in [0.3, 0.4) is 0 Å². The van der Waals surface area contributed by atoms with Crippen molar-refractivity contribution in [1.29, 1.82) is 0 Å². The minimum Gasteiger partial charge on any atom is -0.457 e. The molecule has 0 saturated heterocycles. The van der Waals surface area contributed by atoms with Crippen LogP contribution in [0.4, 0.5) is 34.1 Å². The Bertz CT molecular complexity index is 3270. The van der Waals surface area contributed by atoms with E-state index in [2.05, 4.69) is 226 Å². The van der Waals surface area contributed by atoms with Crippen LogP contribution in [-0.4, -0.2) is 26.1 Å². The van der Waals surface area contributed by atoms with Crippen LogP contribution in [0.25, 0.3) is 21.9 Å². The smallest absolute Gasteiger partial charge is 0.132 e. The van der Waals surface area contributed by atoms with E-state index in [9.17, 15) is 0 Å². The van der Waals surface area contributed by atoms with Gasteiger partial charge < -0.3 is 14.5 Å². The Morgan fingerprint density at radius 2 is 0.894 bits per heavy atom. The first-order valence-corrected chi connectivity index (χ1v) is 30.1. The second-order valence-corrected chi connectivity index (χ2v) is 30.2. The number of hydrogen-bond donors (Lipinski definition) is 0. The summed E-state index contributed by atoms with van der Waals surface area (Å²) in [6, 6.07) is 63.0. The molecule has 7 aromatic carbocycles. The summed E-state index contributed by atoms with van der Waals surface area (Å²) in [5, 5.41) is 5.22. The average molecular weight is 891 g/mol. The number of hydrogen-bond acceptors (Lipinski definition) is 5. The molecular formula is C59H54N4OSi2. The molecule has 0 radical (unpaired) electrons. The predicted octanol–water partition coefficient (Wildman–Crippen LogP) is 14.7. The molecule has 0 N–H and O–H groups in total. The van der Waals surface area contributed by atoms with Gasteiger partial charge in [0.05, 0.1) is 51.0 Å². The Morgan fingerprint density at radius 1 is 0.424 bits per heavy atom. The van der Waals surface area contributed by atoms with E-state index >= 15 is 0 Å². The van der Waals surface area contributed by atoms with Gasteiger partial charge in [0.25, 0.3) is 0 Å². The van der Waals surface area contributed by atoms with E-state index in [1.165, 1.54) is 43.4 Å². The summed E-state index contributed by atoms with van der Waals surface area (Å²) in [5.74, 6) is 1.72. The molecule has 1 spiro atoms. The molecule has 5 nitrogen and oxygen atoms in total. The van der Waals surface area contributed by atoms with Gasteiger partial charge in [-0.1, -0.05) is 141 Å². The monoisotopic (exact) mass is 890 g/mol. The highest BCUT2D eigenvalue weighted by atomic mass is 28.3. The molecule has 0 unspecified atom stereocenters. The zero-order chi connectivity index (χ0) is 45.5. The molecule has 11 rings (SSSR count). The van der Waals surface area contributed by atoms with E-state index in [0.29, 0.717) is 0 Å². The van der Waals surface area contributed by atoms with E-state index in [0.717, 1.165) is 68.1 Å². The predicted molar refractivity (Wildman–Crippen MR) is 282 cm³/mol. The molecular weight excluding hydrogens is 837 g/mol. The van der Waals surface area contributed by atoms with Gasteiger partial charge in [0.1, 0.15) is 11.5 Å². The second kappa shape index (κ2) is 15.5.